The molecule has 0 saturated carbocycles. The van der Waals surface area contributed by atoms with Crippen LogP contribution >= 0.6 is 0 Å². The molecule has 20 heavy (non-hydrogen) atoms. The summed E-state index contributed by atoms with van der Waals surface area (Å²) in [5.74, 6) is -0.121. The molecule has 7 heteroatoms. The number of carbonyl (C=O) groups is 1. The molecule has 2 aliphatic rings. The Bertz CT molecular complexity index is 656. The summed E-state index contributed by atoms with van der Waals surface area (Å²) in [5, 5.41) is 12.0. The van der Waals surface area contributed by atoms with Crippen LogP contribution in [0.1, 0.15) is 18.4 Å². The number of hydrogen-bond acceptors (Lipinski definition) is 4. The number of benzene rings is 1. The van der Waals surface area contributed by atoms with Crippen LogP contribution in [-0.4, -0.2) is 42.9 Å². The van der Waals surface area contributed by atoms with Crippen LogP contribution in [0.4, 0.5) is 5.69 Å². The molecule has 1 fully saturated rings. The predicted octanol–water partition coefficient (Wildman–Crippen LogP) is 0.327. The van der Waals surface area contributed by atoms with Crippen LogP contribution in [0.3, 0.4) is 0 Å². The highest BCUT2D eigenvalue weighted by molar-refractivity contribution is 7.89. The molecule has 1 saturated heterocycles. The third-order valence-corrected chi connectivity index (χ3v) is 5.79. The average molecular weight is 296 g/mol. The fraction of sp³-hybridized carbons (Fsp3) is 0.462. The van der Waals surface area contributed by atoms with Gasteiger partial charge in [0, 0.05) is 18.3 Å². The molecule has 1 unspecified atom stereocenters. The number of nitrogens with one attached hydrogen (secondary N) is 1. The fourth-order valence-corrected chi connectivity index (χ4v) is 4.55. The van der Waals surface area contributed by atoms with E-state index in [2.05, 4.69) is 5.32 Å². The summed E-state index contributed by atoms with van der Waals surface area (Å²) in [7, 11) is -3.60. The molecule has 3 rings (SSSR count). The first-order chi connectivity index (χ1) is 9.52. The summed E-state index contributed by atoms with van der Waals surface area (Å²) < 4.78 is 26.5. The van der Waals surface area contributed by atoms with Gasteiger partial charge in [0.1, 0.15) is 0 Å². The maximum atomic E-state index is 12.6. The van der Waals surface area contributed by atoms with Crippen molar-refractivity contribution in [3.63, 3.8) is 0 Å². The zero-order valence-electron chi connectivity index (χ0n) is 10.9. The maximum Gasteiger partial charge on any atom is 0.243 e. The van der Waals surface area contributed by atoms with Gasteiger partial charge in [-0.3, -0.25) is 4.79 Å². The number of amides is 1. The zero-order valence-corrected chi connectivity index (χ0v) is 11.7. The van der Waals surface area contributed by atoms with Crippen LogP contribution in [0.25, 0.3) is 0 Å². The summed E-state index contributed by atoms with van der Waals surface area (Å²) in [4.78, 5) is 11.5. The van der Waals surface area contributed by atoms with Crippen molar-refractivity contribution in [2.24, 2.45) is 0 Å². The lowest BCUT2D eigenvalue weighted by Crippen LogP contribution is -2.37. The van der Waals surface area contributed by atoms with Crippen molar-refractivity contribution in [2.75, 3.05) is 18.5 Å². The van der Waals surface area contributed by atoms with Gasteiger partial charge in [0.05, 0.1) is 17.9 Å². The minimum absolute atomic E-state index is 0.121. The summed E-state index contributed by atoms with van der Waals surface area (Å²) in [6.07, 6.45) is 1.65. The third-order valence-electron chi connectivity index (χ3n) is 3.84. The number of aliphatic hydroxyl groups excluding tert-OH is 1. The fourth-order valence-electron chi connectivity index (χ4n) is 2.81. The van der Waals surface area contributed by atoms with E-state index in [1.54, 1.807) is 12.1 Å². The first kappa shape index (κ1) is 13.5. The lowest BCUT2D eigenvalue weighted by atomic mass is 10.2. The zero-order chi connectivity index (χ0) is 14.3. The lowest BCUT2D eigenvalue weighted by Gasteiger charge is -2.22. The average Bonchev–Trinajstić information content (AvgIpc) is 3.02. The molecule has 0 radical (unpaired) electrons. The first-order valence-electron chi connectivity index (χ1n) is 6.58. The molecule has 0 aromatic heterocycles. The molecular weight excluding hydrogens is 280 g/mol. The van der Waals surface area contributed by atoms with Gasteiger partial charge in [-0.1, -0.05) is 0 Å². The van der Waals surface area contributed by atoms with Crippen LogP contribution in [0.2, 0.25) is 0 Å². The van der Waals surface area contributed by atoms with Gasteiger partial charge in [0.2, 0.25) is 15.9 Å². The number of fused-ring (bicyclic) bond motifs is 1. The summed E-state index contributed by atoms with van der Waals surface area (Å²) in [6.45, 7) is 0.270. The van der Waals surface area contributed by atoms with Crippen LogP contribution < -0.4 is 5.32 Å². The lowest BCUT2D eigenvalue weighted by molar-refractivity contribution is -0.115. The largest absolute Gasteiger partial charge is 0.395 e. The third kappa shape index (κ3) is 2.11. The number of carbonyl (C=O) groups excluding carboxylic acids is 1. The molecule has 1 aromatic rings. The van der Waals surface area contributed by atoms with Crippen molar-refractivity contribution >= 4 is 21.6 Å². The van der Waals surface area contributed by atoms with E-state index in [0.717, 1.165) is 6.42 Å². The molecule has 1 atom stereocenters. The Morgan fingerprint density at radius 2 is 2.20 bits per heavy atom. The van der Waals surface area contributed by atoms with Gasteiger partial charge in [0.25, 0.3) is 0 Å². The Balaban J connectivity index is 1.96. The second kappa shape index (κ2) is 4.83. The molecule has 0 aliphatic carbocycles. The van der Waals surface area contributed by atoms with E-state index in [4.69, 9.17) is 0 Å². The smallest absolute Gasteiger partial charge is 0.243 e. The van der Waals surface area contributed by atoms with Gasteiger partial charge in [0.15, 0.2) is 0 Å². The topological polar surface area (TPSA) is 86.7 Å². The van der Waals surface area contributed by atoms with Crippen molar-refractivity contribution < 1.29 is 18.3 Å². The van der Waals surface area contributed by atoms with Crippen LogP contribution in [0.15, 0.2) is 23.1 Å². The molecular formula is C13H16N2O4S. The summed E-state index contributed by atoms with van der Waals surface area (Å²) >= 11 is 0. The maximum absolute atomic E-state index is 12.6. The van der Waals surface area contributed by atoms with Crippen molar-refractivity contribution in [1.82, 2.24) is 4.31 Å². The predicted molar refractivity (Wildman–Crippen MR) is 72.8 cm³/mol. The van der Waals surface area contributed by atoms with E-state index in [0.29, 0.717) is 24.2 Å². The van der Waals surface area contributed by atoms with Crippen LogP contribution in [-0.2, 0) is 21.2 Å². The Morgan fingerprint density at radius 1 is 1.40 bits per heavy atom. The van der Waals surface area contributed by atoms with Crippen molar-refractivity contribution in [2.45, 2.75) is 30.2 Å². The number of anilines is 1. The van der Waals surface area contributed by atoms with E-state index in [9.17, 15) is 18.3 Å². The molecule has 108 valence electrons. The van der Waals surface area contributed by atoms with E-state index in [1.807, 2.05) is 0 Å². The molecule has 1 amide bonds. The summed E-state index contributed by atoms with van der Waals surface area (Å²) in [5.41, 5.74) is 1.38. The molecule has 0 spiro atoms. The quantitative estimate of drug-likeness (QED) is 0.841. The molecule has 2 N–H and O–H groups in total. The first-order valence-corrected chi connectivity index (χ1v) is 8.02. The normalized spacial score (nSPS) is 22.9. The second-order valence-corrected chi connectivity index (χ2v) is 7.03. The van der Waals surface area contributed by atoms with E-state index >= 15 is 0 Å². The SMILES string of the molecule is O=C1Cc2cc(S(=O)(=O)N3CCCC3CO)ccc2N1. The highest BCUT2D eigenvalue weighted by Crippen LogP contribution is 2.30. The molecule has 2 heterocycles. The highest BCUT2D eigenvalue weighted by Gasteiger charge is 2.35. The van der Waals surface area contributed by atoms with Crippen LogP contribution in [0.5, 0.6) is 0 Å². The van der Waals surface area contributed by atoms with Gasteiger partial charge in [-0.15, -0.1) is 0 Å². The van der Waals surface area contributed by atoms with Gasteiger partial charge < -0.3 is 10.4 Å². The van der Waals surface area contributed by atoms with Gasteiger partial charge in [-0.25, -0.2) is 8.42 Å². The van der Waals surface area contributed by atoms with E-state index in [-0.39, 0.29) is 29.9 Å². The number of aliphatic hydroxyl groups is 1. The van der Waals surface area contributed by atoms with Crippen LogP contribution in [0, 0.1) is 0 Å². The standard InChI is InChI=1S/C13H16N2O4S/c16-8-10-2-1-5-15(10)20(18,19)11-3-4-12-9(6-11)7-13(17)14-12/h3-4,6,10,16H,1-2,5,7-8H2,(H,14,17). The van der Waals surface area contributed by atoms with Gasteiger partial charge >= 0.3 is 0 Å². The van der Waals surface area contributed by atoms with Crippen molar-refractivity contribution in [3.8, 4) is 0 Å². The van der Waals surface area contributed by atoms with Gasteiger partial charge in [-0.2, -0.15) is 4.31 Å². The number of nitrogens with zero attached hydrogens (tertiary/aromatic N) is 1. The van der Waals surface area contributed by atoms with Gasteiger partial charge in [-0.05, 0) is 36.6 Å². The Hall–Kier alpha value is -1.44. The number of sulfonamides is 1. The Morgan fingerprint density at radius 3 is 2.95 bits per heavy atom. The molecule has 0 bridgehead atoms. The van der Waals surface area contributed by atoms with E-state index in [1.165, 1.54) is 10.4 Å². The molecule has 2 aliphatic heterocycles. The molecule has 1 aromatic carbocycles. The summed E-state index contributed by atoms with van der Waals surface area (Å²) in [6, 6.07) is 4.34. The monoisotopic (exact) mass is 296 g/mol. The minimum Gasteiger partial charge on any atom is -0.395 e. The van der Waals surface area contributed by atoms with Crippen molar-refractivity contribution in [1.29, 1.82) is 0 Å². The Kier molecular flexibility index (Phi) is 3.27. The minimum atomic E-state index is -3.60. The van der Waals surface area contributed by atoms with E-state index < -0.39 is 10.0 Å². The molecule has 6 nitrogen and oxygen atoms in total. The van der Waals surface area contributed by atoms with Crippen molar-refractivity contribution in [3.05, 3.63) is 23.8 Å². The number of hydrogen-bond donors (Lipinski definition) is 2. The Labute approximate surface area is 117 Å². The highest BCUT2D eigenvalue weighted by atomic mass is 32.2. The second-order valence-electron chi connectivity index (χ2n) is 5.14. The number of rotatable bonds is 3.